The molecule has 0 aliphatic heterocycles. The molecule has 1 aromatic rings. The maximum atomic E-state index is 12.4. The van der Waals surface area contributed by atoms with E-state index in [0.717, 1.165) is 25.7 Å². The molecule has 2 rings (SSSR count). The fourth-order valence-corrected chi connectivity index (χ4v) is 3.61. The molecule has 0 bridgehead atoms. The van der Waals surface area contributed by atoms with E-state index in [1.165, 1.54) is 18.6 Å². The highest BCUT2D eigenvalue weighted by molar-refractivity contribution is 5.94. The third kappa shape index (κ3) is 7.98. The molecule has 166 valence electrons. The van der Waals surface area contributed by atoms with Gasteiger partial charge in [0.25, 0.3) is 5.69 Å². The highest BCUT2D eigenvalue weighted by atomic mass is 16.6. The molecule has 0 heterocycles. The number of nitro benzene ring substituents is 1. The van der Waals surface area contributed by atoms with Crippen LogP contribution in [0.2, 0.25) is 0 Å². The zero-order valence-electron chi connectivity index (χ0n) is 17.9. The molecule has 1 aromatic carbocycles. The van der Waals surface area contributed by atoms with Crippen molar-refractivity contribution in [2.24, 2.45) is 5.92 Å². The smallest absolute Gasteiger partial charge is 0.407 e. The van der Waals surface area contributed by atoms with Gasteiger partial charge in [-0.25, -0.2) is 4.79 Å². The molecular formula is C21H32N4O5. The molecule has 0 spiro atoms. The molecule has 0 saturated heterocycles. The minimum atomic E-state index is -0.581. The highest BCUT2D eigenvalue weighted by Gasteiger charge is 2.26. The second-order valence-electron chi connectivity index (χ2n) is 8.59. The second kappa shape index (κ2) is 10.9. The van der Waals surface area contributed by atoms with Crippen LogP contribution >= 0.6 is 0 Å². The number of hydrogen-bond acceptors (Lipinski definition) is 6. The van der Waals surface area contributed by atoms with E-state index in [4.69, 9.17) is 4.74 Å². The van der Waals surface area contributed by atoms with Crippen molar-refractivity contribution in [3.8, 4) is 0 Å². The largest absolute Gasteiger partial charge is 0.444 e. The predicted molar refractivity (Wildman–Crippen MR) is 114 cm³/mol. The lowest BCUT2D eigenvalue weighted by Gasteiger charge is -2.31. The van der Waals surface area contributed by atoms with E-state index in [2.05, 4.69) is 16.0 Å². The maximum Gasteiger partial charge on any atom is 0.407 e. The van der Waals surface area contributed by atoms with E-state index >= 15 is 0 Å². The number of nitro groups is 1. The van der Waals surface area contributed by atoms with Gasteiger partial charge in [0.05, 0.1) is 11.5 Å². The van der Waals surface area contributed by atoms with E-state index in [-0.39, 0.29) is 29.9 Å². The van der Waals surface area contributed by atoms with Crippen molar-refractivity contribution in [2.75, 3.05) is 18.4 Å². The van der Waals surface area contributed by atoms with Crippen LogP contribution in [0, 0.1) is 16.0 Å². The lowest BCUT2D eigenvalue weighted by atomic mass is 9.84. The van der Waals surface area contributed by atoms with Crippen LogP contribution in [0.15, 0.2) is 24.3 Å². The molecule has 1 unspecified atom stereocenters. The molecule has 0 aromatic heterocycles. The lowest BCUT2D eigenvalue weighted by molar-refractivity contribution is -0.383. The molecule has 1 aliphatic rings. The first-order valence-corrected chi connectivity index (χ1v) is 10.4. The molecule has 1 fully saturated rings. The second-order valence-corrected chi connectivity index (χ2v) is 8.59. The van der Waals surface area contributed by atoms with Gasteiger partial charge in [-0.05, 0) is 45.6 Å². The molecule has 1 saturated carbocycles. The number of alkyl carbamates (subject to hydrolysis) is 1. The number of hydrogen-bond donors (Lipinski definition) is 3. The summed E-state index contributed by atoms with van der Waals surface area (Å²) < 4.78 is 5.29. The van der Waals surface area contributed by atoms with Crippen LogP contribution in [0.25, 0.3) is 0 Å². The summed E-state index contributed by atoms with van der Waals surface area (Å²) in [4.78, 5) is 35.0. The standard InChI is InChI=1S/C21H32N4O5/c1-21(2,3)30-20(27)23-13-17(15-9-5-4-6-10-15)22-14-19(26)24-16-11-7-8-12-18(16)25(28)29/h7-8,11-12,15,17,22H,4-6,9-10,13-14H2,1-3H3,(H,23,27)(H,24,26). The topological polar surface area (TPSA) is 123 Å². The number of carbonyl (C=O) groups is 2. The zero-order valence-corrected chi connectivity index (χ0v) is 17.9. The quantitative estimate of drug-likeness (QED) is 0.436. The summed E-state index contributed by atoms with van der Waals surface area (Å²) in [5.74, 6) is -0.0325. The Kier molecular flexibility index (Phi) is 8.58. The fourth-order valence-electron chi connectivity index (χ4n) is 3.61. The number of amides is 2. The lowest BCUT2D eigenvalue weighted by Crippen LogP contribution is -2.49. The molecule has 3 N–H and O–H groups in total. The first kappa shape index (κ1) is 23.6. The van der Waals surface area contributed by atoms with Crippen molar-refractivity contribution < 1.29 is 19.2 Å². The van der Waals surface area contributed by atoms with Crippen LogP contribution in [0.5, 0.6) is 0 Å². The summed E-state index contributed by atoms with van der Waals surface area (Å²) in [7, 11) is 0. The van der Waals surface area contributed by atoms with Crippen LogP contribution in [0.4, 0.5) is 16.2 Å². The monoisotopic (exact) mass is 420 g/mol. The Morgan fingerprint density at radius 3 is 2.50 bits per heavy atom. The number of ether oxygens (including phenoxy) is 1. The average Bonchev–Trinajstić information content (AvgIpc) is 2.67. The van der Waals surface area contributed by atoms with Gasteiger partial charge in [-0.1, -0.05) is 31.4 Å². The van der Waals surface area contributed by atoms with Crippen molar-refractivity contribution >= 4 is 23.4 Å². The van der Waals surface area contributed by atoms with E-state index in [9.17, 15) is 19.7 Å². The van der Waals surface area contributed by atoms with Crippen molar-refractivity contribution in [1.29, 1.82) is 0 Å². The molecule has 1 atom stereocenters. The SMILES string of the molecule is CC(C)(C)OC(=O)NCC(NCC(=O)Nc1ccccc1[N+](=O)[O-])C1CCCCC1. The van der Waals surface area contributed by atoms with Gasteiger partial charge in [0.2, 0.25) is 5.91 Å². The third-order valence-corrected chi connectivity index (χ3v) is 4.98. The molecule has 2 amide bonds. The zero-order chi connectivity index (χ0) is 22.1. The molecule has 0 radical (unpaired) electrons. The Balaban J connectivity index is 1.94. The number of nitrogens with zero attached hydrogens (tertiary/aromatic N) is 1. The van der Waals surface area contributed by atoms with Gasteiger partial charge in [0.1, 0.15) is 11.3 Å². The number of rotatable bonds is 8. The summed E-state index contributed by atoms with van der Waals surface area (Å²) >= 11 is 0. The Morgan fingerprint density at radius 1 is 1.20 bits per heavy atom. The van der Waals surface area contributed by atoms with Crippen molar-refractivity contribution in [1.82, 2.24) is 10.6 Å². The Labute approximate surface area is 177 Å². The van der Waals surface area contributed by atoms with E-state index in [1.807, 2.05) is 0 Å². The van der Waals surface area contributed by atoms with E-state index in [1.54, 1.807) is 32.9 Å². The molecule has 9 heteroatoms. The number of benzene rings is 1. The van der Waals surface area contributed by atoms with Crippen LogP contribution < -0.4 is 16.0 Å². The third-order valence-electron chi connectivity index (χ3n) is 4.98. The van der Waals surface area contributed by atoms with Crippen LogP contribution in [0.3, 0.4) is 0 Å². The minimum Gasteiger partial charge on any atom is -0.444 e. The van der Waals surface area contributed by atoms with Gasteiger partial charge in [0, 0.05) is 18.7 Å². The number of anilines is 1. The molecule has 30 heavy (non-hydrogen) atoms. The summed E-state index contributed by atoms with van der Waals surface area (Å²) in [6, 6.07) is 5.94. The number of carbonyl (C=O) groups excluding carboxylic acids is 2. The molecule has 9 nitrogen and oxygen atoms in total. The minimum absolute atomic E-state index is 0.0107. The van der Waals surface area contributed by atoms with Gasteiger partial charge in [-0.2, -0.15) is 0 Å². The first-order valence-electron chi connectivity index (χ1n) is 10.4. The van der Waals surface area contributed by atoms with Crippen molar-refractivity contribution in [2.45, 2.75) is 64.5 Å². The molecular weight excluding hydrogens is 388 g/mol. The Bertz CT molecular complexity index is 741. The van der Waals surface area contributed by atoms with Crippen LogP contribution in [-0.4, -0.2) is 41.7 Å². The number of nitrogens with one attached hydrogen (secondary N) is 3. The number of para-hydroxylation sites is 2. The fraction of sp³-hybridized carbons (Fsp3) is 0.619. The Morgan fingerprint density at radius 2 is 1.87 bits per heavy atom. The predicted octanol–water partition coefficient (Wildman–Crippen LogP) is 3.60. The summed E-state index contributed by atoms with van der Waals surface area (Å²) in [5, 5.41) is 19.7. The van der Waals surface area contributed by atoms with E-state index < -0.39 is 16.6 Å². The van der Waals surface area contributed by atoms with E-state index in [0.29, 0.717) is 12.5 Å². The maximum absolute atomic E-state index is 12.4. The highest BCUT2D eigenvalue weighted by Crippen LogP contribution is 2.26. The van der Waals surface area contributed by atoms with Crippen molar-refractivity contribution in [3.05, 3.63) is 34.4 Å². The van der Waals surface area contributed by atoms with Gasteiger partial charge < -0.3 is 20.7 Å². The van der Waals surface area contributed by atoms with Gasteiger partial charge in [0.15, 0.2) is 0 Å². The summed E-state index contributed by atoms with van der Waals surface area (Å²) in [6.07, 6.45) is 5.00. The Hall–Kier alpha value is -2.68. The van der Waals surface area contributed by atoms with Crippen LogP contribution in [-0.2, 0) is 9.53 Å². The van der Waals surface area contributed by atoms with Gasteiger partial charge in [-0.3, -0.25) is 14.9 Å². The summed E-state index contributed by atoms with van der Waals surface area (Å²) in [5.41, 5.74) is -0.570. The summed E-state index contributed by atoms with van der Waals surface area (Å²) in [6.45, 7) is 5.74. The molecule has 1 aliphatic carbocycles. The van der Waals surface area contributed by atoms with Gasteiger partial charge in [-0.15, -0.1) is 0 Å². The van der Waals surface area contributed by atoms with Crippen LogP contribution in [0.1, 0.15) is 52.9 Å². The first-order chi connectivity index (χ1) is 14.2. The normalized spacial score (nSPS) is 15.8. The average molecular weight is 421 g/mol. The van der Waals surface area contributed by atoms with Crippen molar-refractivity contribution in [3.63, 3.8) is 0 Å². The van der Waals surface area contributed by atoms with Gasteiger partial charge >= 0.3 is 6.09 Å².